The molecule has 7 heteroatoms. The largest absolute Gasteiger partial charge is 0.336 e. The van der Waals surface area contributed by atoms with Gasteiger partial charge in [-0.2, -0.15) is 0 Å². The molecule has 3 rings (SSSR count). The smallest absolute Gasteiger partial charge is 0.276 e. The fraction of sp³-hybridized carbons (Fsp3) is 0.438. The van der Waals surface area contributed by atoms with Crippen molar-refractivity contribution in [1.82, 2.24) is 25.2 Å². The first kappa shape index (κ1) is 16.1. The molecule has 1 fully saturated rings. The van der Waals surface area contributed by atoms with E-state index >= 15 is 0 Å². The maximum Gasteiger partial charge on any atom is 0.276 e. The molecule has 1 atom stereocenters. The maximum atomic E-state index is 12.8. The number of nitrogens with zero attached hydrogens (tertiary/aromatic N) is 4. The van der Waals surface area contributed by atoms with Crippen LogP contribution in [-0.2, 0) is 0 Å². The number of carbonyl (C=O) groups is 1. The second-order valence-electron chi connectivity index (χ2n) is 5.79. The lowest BCUT2D eigenvalue weighted by Crippen LogP contribution is -2.47. The second kappa shape index (κ2) is 6.80. The van der Waals surface area contributed by atoms with Crippen molar-refractivity contribution in [2.45, 2.75) is 25.8 Å². The number of hydrogen-bond acceptors (Lipinski definition) is 4. The fourth-order valence-electron chi connectivity index (χ4n) is 2.93. The van der Waals surface area contributed by atoms with Crippen LogP contribution in [0.5, 0.6) is 0 Å². The van der Waals surface area contributed by atoms with E-state index in [0.717, 1.165) is 41.8 Å². The average Bonchev–Trinajstić information content (AvgIpc) is 2.96. The van der Waals surface area contributed by atoms with E-state index in [-0.39, 0.29) is 5.91 Å². The molecule has 23 heavy (non-hydrogen) atoms. The number of nitrogens with one attached hydrogen (secondary N) is 1. The average molecular weight is 378 g/mol. The predicted octanol–water partition coefficient (Wildman–Crippen LogP) is 2.16. The van der Waals surface area contributed by atoms with Gasteiger partial charge in [-0.15, -0.1) is 5.10 Å². The van der Waals surface area contributed by atoms with Gasteiger partial charge < -0.3 is 10.2 Å². The Hall–Kier alpha value is -1.73. The molecule has 1 aromatic heterocycles. The highest BCUT2D eigenvalue weighted by molar-refractivity contribution is 9.10. The van der Waals surface area contributed by atoms with Crippen molar-refractivity contribution < 1.29 is 4.79 Å². The number of likely N-dealkylation sites (N-methyl/N-ethyl adjacent to an activating group) is 1. The van der Waals surface area contributed by atoms with Crippen LogP contribution in [0.3, 0.4) is 0 Å². The number of carbonyl (C=O) groups excluding carboxylic acids is 1. The van der Waals surface area contributed by atoms with Crippen molar-refractivity contribution in [3.05, 3.63) is 40.1 Å². The molecule has 6 nitrogen and oxygen atoms in total. The molecule has 0 bridgehead atoms. The van der Waals surface area contributed by atoms with Gasteiger partial charge in [0, 0.05) is 23.6 Å². The molecular weight excluding hydrogens is 358 g/mol. The van der Waals surface area contributed by atoms with Gasteiger partial charge in [0.2, 0.25) is 0 Å². The Morgan fingerprint density at radius 2 is 2.26 bits per heavy atom. The quantitative estimate of drug-likeness (QED) is 0.889. The van der Waals surface area contributed by atoms with Crippen molar-refractivity contribution in [3.63, 3.8) is 0 Å². The number of benzene rings is 1. The molecule has 1 amide bonds. The molecule has 2 heterocycles. The summed E-state index contributed by atoms with van der Waals surface area (Å²) in [6, 6.07) is 8.14. The van der Waals surface area contributed by atoms with E-state index in [1.807, 2.05) is 43.1 Å². The summed E-state index contributed by atoms with van der Waals surface area (Å²) in [6.07, 6.45) is 2.11. The number of hydrogen-bond donors (Lipinski definition) is 1. The van der Waals surface area contributed by atoms with Crippen LogP contribution in [0.2, 0.25) is 0 Å². The lowest BCUT2D eigenvalue weighted by Gasteiger charge is -2.32. The van der Waals surface area contributed by atoms with Crippen LogP contribution < -0.4 is 5.32 Å². The maximum absolute atomic E-state index is 12.8. The Balaban J connectivity index is 1.85. The zero-order valence-corrected chi connectivity index (χ0v) is 14.9. The Bertz CT molecular complexity index is 714. The van der Waals surface area contributed by atoms with Crippen molar-refractivity contribution in [2.24, 2.45) is 0 Å². The molecule has 1 N–H and O–H groups in total. The van der Waals surface area contributed by atoms with Crippen LogP contribution in [-0.4, -0.2) is 52.0 Å². The van der Waals surface area contributed by atoms with E-state index in [1.165, 1.54) is 0 Å². The lowest BCUT2D eigenvalue weighted by atomic mass is 10.1. The monoisotopic (exact) mass is 377 g/mol. The lowest BCUT2D eigenvalue weighted by molar-refractivity contribution is 0.0691. The summed E-state index contributed by atoms with van der Waals surface area (Å²) in [5.41, 5.74) is 2.08. The topological polar surface area (TPSA) is 63.1 Å². The second-order valence-corrected chi connectivity index (χ2v) is 6.71. The Morgan fingerprint density at radius 3 is 3.00 bits per heavy atom. The van der Waals surface area contributed by atoms with Gasteiger partial charge in [0.05, 0.1) is 11.4 Å². The minimum Gasteiger partial charge on any atom is -0.336 e. The molecule has 1 saturated heterocycles. The molecule has 0 radical (unpaired) electrons. The first-order valence-electron chi connectivity index (χ1n) is 7.75. The van der Waals surface area contributed by atoms with Gasteiger partial charge in [-0.3, -0.25) is 4.79 Å². The first-order chi connectivity index (χ1) is 11.1. The summed E-state index contributed by atoms with van der Waals surface area (Å²) < 4.78 is 2.67. The first-order valence-corrected chi connectivity index (χ1v) is 8.54. The molecule has 1 aliphatic rings. The molecule has 122 valence electrons. The highest BCUT2D eigenvalue weighted by Crippen LogP contribution is 2.19. The van der Waals surface area contributed by atoms with Gasteiger partial charge >= 0.3 is 0 Å². The number of piperidine rings is 1. The van der Waals surface area contributed by atoms with E-state index in [4.69, 9.17) is 0 Å². The van der Waals surface area contributed by atoms with Crippen molar-refractivity contribution in [3.8, 4) is 5.69 Å². The molecule has 2 aromatic rings. The van der Waals surface area contributed by atoms with Gasteiger partial charge in [-0.25, -0.2) is 4.68 Å². The van der Waals surface area contributed by atoms with Crippen LogP contribution >= 0.6 is 15.9 Å². The van der Waals surface area contributed by atoms with Crippen LogP contribution in [0, 0.1) is 6.92 Å². The van der Waals surface area contributed by atoms with E-state index < -0.39 is 0 Å². The van der Waals surface area contributed by atoms with Crippen molar-refractivity contribution >= 4 is 21.8 Å². The van der Waals surface area contributed by atoms with E-state index in [0.29, 0.717) is 11.7 Å². The summed E-state index contributed by atoms with van der Waals surface area (Å²) in [5.74, 6) is -0.0382. The highest BCUT2D eigenvalue weighted by atomic mass is 79.9. The zero-order chi connectivity index (χ0) is 16.4. The Labute approximate surface area is 144 Å². The van der Waals surface area contributed by atoms with E-state index in [9.17, 15) is 4.79 Å². The summed E-state index contributed by atoms with van der Waals surface area (Å²) in [7, 11) is 1.94. The molecule has 0 aliphatic carbocycles. The molecule has 0 spiro atoms. The molecule has 1 unspecified atom stereocenters. The normalized spacial score (nSPS) is 18.2. The number of halogens is 1. The van der Waals surface area contributed by atoms with Gasteiger partial charge in [0.15, 0.2) is 5.69 Å². The van der Waals surface area contributed by atoms with Crippen LogP contribution in [0.1, 0.15) is 29.0 Å². The Morgan fingerprint density at radius 1 is 1.43 bits per heavy atom. The predicted molar refractivity (Wildman–Crippen MR) is 91.8 cm³/mol. The summed E-state index contributed by atoms with van der Waals surface area (Å²) in [4.78, 5) is 14.6. The number of likely N-dealkylation sites (tertiary alicyclic amines) is 1. The third-order valence-corrected chi connectivity index (χ3v) is 4.76. The molecule has 1 aromatic carbocycles. The van der Waals surface area contributed by atoms with Crippen LogP contribution in [0.25, 0.3) is 5.69 Å². The number of amides is 1. The molecular formula is C16H20BrN5O. The van der Waals surface area contributed by atoms with Gasteiger partial charge in [0.1, 0.15) is 0 Å². The third-order valence-electron chi connectivity index (χ3n) is 4.27. The SMILES string of the molecule is CNC1CCCN(C(=O)c2nnn(-c3cccc(Br)c3)c2C)C1. The Kier molecular flexibility index (Phi) is 4.77. The van der Waals surface area contributed by atoms with Crippen molar-refractivity contribution in [1.29, 1.82) is 0 Å². The standard InChI is InChI=1S/C16H20BrN5O/c1-11-15(16(23)21-8-4-6-13(10-21)18-2)19-20-22(11)14-7-3-5-12(17)9-14/h3,5,7,9,13,18H,4,6,8,10H2,1-2H3. The van der Waals surface area contributed by atoms with Crippen molar-refractivity contribution in [2.75, 3.05) is 20.1 Å². The zero-order valence-electron chi connectivity index (χ0n) is 13.3. The number of rotatable bonds is 3. The van der Waals surface area contributed by atoms with Crippen LogP contribution in [0.15, 0.2) is 28.7 Å². The van der Waals surface area contributed by atoms with E-state index in [2.05, 4.69) is 31.6 Å². The fourth-order valence-corrected chi connectivity index (χ4v) is 3.31. The van der Waals surface area contributed by atoms with Crippen LogP contribution in [0.4, 0.5) is 0 Å². The summed E-state index contributed by atoms with van der Waals surface area (Å²) in [5, 5.41) is 11.6. The third kappa shape index (κ3) is 3.30. The van der Waals surface area contributed by atoms with E-state index in [1.54, 1.807) is 4.68 Å². The highest BCUT2D eigenvalue weighted by Gasteiger charge is 2.27. The number of aromatic nitrogens is 3. The molecule has 1 aliphatic heterocycles. The minimum absolute atomic E-state index is 0.0382. The van der Waals surface area contributed by atoms with Gasteiger partial charge in [-0.05, 0) is 45.0 Å². The van der Waals surface area contributed by atoms with Gasteiger partial charge in [0.25, 0.3) is 5.91 Å². The summed E-state index contributed by atoms with van der Waals surface area (Å²) >= 11 is 3.45. The summed E-state index contributed by atoms with van der Waals surface area (Å²) in [6.45, 7) is 3.38. The molecule has 0 saturated carbocycles. The minimum atomic E-state index is -0.0382. The van der Waals surface area contributed by atoms with Gasteiger partial charge in [-0.1, -0.05) is 27.2 Å².